The summed E-state index contributed by atoms with van der Waals surface area (Å²) in [5, 5.41) is 23.3. The lowest BCUT2D eigenvalue weighted by atomic mass is 9.81. The monoisotopic (exact) mass is 292 g/mol. The summed E-state index contributed by atoms with van der Waals surface area (Å²) >= 11 is 0. The predicted octanol–water partition coefficient (Wildman–Crippen LogP) is 2.02. The van der Waals surface area contributed by atoms with Gasteiger partial charge in [-0.25, -0.2) is 0 Å². The molecule has 0 saturated carbocycles. The summed E-state index contributed by atoms with van der Waals surface area (Å²) in [7, 11) is 0. The summed E-state index contributed by atoms with van der Waals surface area (Å²) in [5.41, 5.74) is 4.34. The van der Waals surface area contributed by atoms with Gasteiger partial charge in [0.15, 0.2) is 0 Å². The maximum atomic E-state index is 10.6. The van der Waals surface area contributed by atoms with Crippen molar-refractivity contribution in [2.24, 2.45) is 0 Å². The van der Waals surface area contributed by atoms with Crippen molar-refractivity contribution in [2.45, 2.75) is 38.2 Å². The second kappa shape index (κ2) is 5.29. The van der Waals surface area contributed by atoms with Gasteiger partial charge in [-0.05, 0) is 65.3 Å². The molecule has 0 amide bonds. The molecule has 1 atom stereocenters. The second-order valence-electron chi connectivity index (χ2n) is 6.26. The molecule has 112 valence electrons. The molecule has 2 aromatic carbocycles. The topological polar surface area (TPSA) is 40.5 Å². The Morgan fingerprint density at radius 3 is 2.68 bits per heavy atom. The first kappa shape index (κ1) is 13.6. The molecule has 0 bridgehead atoms. The van der Waals surface area contributed by atoms with Crippen molar-refractivity contribution >= 4 is 11.6 Å². The van der Waals surface area contributed by atoms with Crippen LogP contribution in [0.2, 0.25) is 0 Å². The molecule has 0 spiro atoms. The fourth-order valence-electron chi connectivity index (χ4n) is 3.87. The fourth-order valence-corrected chi connectivity index (χ4v) is 3.87. The summed E-state index contributed by atoms with van der Waals surface area (Å²) < 4.78 is 0. The lowest BCUT2D eigenvalue weighted by molar-refractivity contribution is 0.237. The van der Waals surface area contributed by atoms with Gasteiger partial charge >= 0.3 is 0 Å². The Labute approximate surface area is 130 Å². The molecule has 0 radical (unpaired) electrons. The molecular weight excluding hydrogens is 272 g/mol. The van der Waals surface area contributed by atoms with Crippen LogP contribution in [-0.2, 0) is 12.8 Å². The first-order valence-electron chi connectivity index (χ1n) is 8.07. The summed E-state index contributed by atoms with van der Waals surface area (Å²) in [5.74, 6) is 0.298. The number of fused-ring (bicyclic) bond motifs is 2. The molecule has 0 heterocycles. The summed E-state index contributed by atoms with van der Waals surface area (Å²) in [6.45, 7) is 0. The number of aliphatic hydroxyl groups is 1. The van der Waals surface area contributed by atoms with Gasteiger partial charge in [0.25, 0.3) is 0 Å². The van der Waals surface area contributed by atoms with E-state index in [-0.39, 0.29) is 0 Å². The number of aliphatic hydroxyl groups excluding tert-OH is 1. The van der Waals surface area contributed by atoms with Gasteiger partial charge in [0.1, 0.15) is 5.75 Å². The van der Waals surface area contributed by atoms with Gasteiger partial charge in [0.05, 0.1) is 6.10 Å². The molecule has 0 saturated heterocycles. The van der Waals surface area contributed by atoms with Gasteiger partial charge in [0, 0.05) is 5.56 Å². The van der Waals surface area contributed by atoms with Crippen molar-refractivity contribution < 1.29 is 10.2 Å². The quantitative estimate of drug-likeness (QED) is 0.844. The maximum Gasteiger partial charge on any atom is 0.123 e. The minimum absolute atomic E-state index is 0.298. The molecule has 2 aliphatic rings. The van der Waals surface area contributed by atoms with Crippen LogP contribution >= 0.6 is 0 Å². The predicted molar refractivity (Wildman–Crippen MR) is 88.0 cm³/mol. The molecule has 2 aromatic rings. The SMILES string of the molecule is Oc1ccc2c(c1C1=c3ccccc3=CC[C@@H]1O)CCCC2. The highest BCUT2D eigenvalue weighted by Crippen LogP contribution is 2.36. The van der Waals surface area contributed by atoms with Crippen molar-refractivity contribution in [1.82, 2.24) is 0 Å². The summed E-state index contributed by atoms with van der Waals surface area (Å²) in [4.78, 5) is 0. The van der Waals surface area contributed by atoms with Gasteiger partial charge < -0.3 is 10.2 Å². The number of rotatable bonds is 1. The molecule has 0 aliphatic heterocycles. The standard InChI is InChI=1S/C20H20O2/c21-17-11-9-13-5-1-3-7-15(13)19(17)20-16-8-4-2-6-14(16)10-12-18(20)22/h1,3,5,7,9-10,12,17,21-22H,2,4,6,8,11H2/t17-/m0/s1. The van der Waals surface area contributed by atoms with E-state index < -0.39 is 6.10 Å². The van der Waals surface area contributed by atoms with E-state index in [0.717, 1.165) is 40.8 Å². The molecule has 0 aromatic heterocycles. The van der Waals surface area contributed by atoms with E-state index in [1.165, 1.54) is 17.5 Å². The first-order valence-corrected chi connectivity index (χ1v) is 8.07. The third kappa shape index (κ3) is 2.06. The van der Waals surface area contributed by atoms with Crippen LogP contribution in [0.5, 0.6) is 5.75 Å². The van der Waals surface area contributed by atoms with Crippen LogP contribution < -0.4 is 10.4 Å². The van der Waals surface area contributed by atoms with Gasteiger partial charge in [0.2, 0.25) is 0 Å². The Kier molecular flexibility index (Phi) is 3.27. The molecule has 22 heavy (non-hydrogen) atoms. The van der Waals surface area contributed by atoms with E-state index in [0.29, 0.717) is 12.2 Å². The molecule has 0 unspecified atom stereocenters. The molecule has 2 N–H and O–H groups in total. The number of aromatic hydroxyl groups is 1. The number of hydrogen-bond donors (Lipinski definition) is 2. The van der Waals surface area contributed by atoms with Crippen LogP contribution in [0.25, 0.3) is 11.6 Å². The normalized spacial score (nSPS) is 20.0. The highest BCUT2D eigenvalue weighted by Gasteiger charge is 2.24. The number of benzene rings is 2. The zero-order valence-corrected chi connectivity index (χ0v) is 12.5. The second-order valence-corrected chi connectivity index (χ2v) is 6.26. The first-order chi connectivity index (χ1) is 10.8. The average Bonchev–Trinajstić information content (AvgIpc) is 2.56. The number of aryl methyl sites for hydroxylation is 1. The Hall–Kier alpha value is -2.06. The highest BCUT2D eigenvalue weighted by molar-refractivity contribution is 5.78. The number of phenols is 1. The number of hydrogen-bond acceptors (Lipinski definition) is 2. The van der Waals surface area contributed by atoms with Crippen molar-refractivity contribution in [2.75, 3.05) is 0 Å². The molecule has 2 nitrogen and oxygen atoms in total. The van der Waals surface area contributed by atoms with Crippen LogP contribution in [0.15, 0.2) is 36.4 Å². The van der Waals surface area contributed by atoms with E-state index in [9.17, 15) is 10.2 Å². The zero-order valence-electron chi connectivity index (χ0n) is 12.5. The van der Waals surface area contributed by atoms with Crippen molar-refractivity contribution in [3.8, 4) is 5.75 Å². The summed E-state index contributed by atoms with van der Waals surface area (Å²) in [6.07, 6.45) is 6.56. The minimum Gasteiger partial charge on any atom is -0.507 e. The third-order valence-corrected chi connectivity index (χ3v) is 4.93. The Morgan fingerprint density at radius 1 is 0.955 bits per heavy atom. The van der Waals surface area contributed by atoms with Crippen LogP contribution in [0.4, 0.5) is 0 Å². The van der Waals surface area contributed by atoms with Crippen LogP contribution in [0.3, 0.4) is 0 Å². The third-order valence-electron chi connectivity index (χ3n) is 4.93. The minimum atomic E-state index is -0.547. The molecular formula is C20H20O2. The Balaban J connectivity index is 2.09. The van der Waals surface area contributed by atoms with E-state index >= 15 is 0 Å². The number of phenolic OH excluding ortho intramolecular Hbond substituents is 1. The fraction of sp³-hybridized carbons (Fsp3) is 0.300. The maximum absolute atomic E-state index is 10.6. The van der Waals surface area contributed by atoms with Gasteiger partial charge in [-0.3, -0.25) is 0 Å². The van der Waals surface area contributed by atoms with Crippen LogP contribution in [0, 0.1) is 0 Å². The molecule has 0 fully saturated rings. The lowest BCUT2D eigenvalue weighted by Gasteiger charge is -2.25. The van der Waals surface area contributed by atoms with Gasteiger partial charge in [-0.1, -0.05) is 36.4 Å². The van der Waals surface area contributed by atoms with E-state index in [1.54, 1.807) is 6.07 Å². The van der Waals surface area contributed by atoms with Crippen LogP contribution in [-0.4, -0.2) is 16.3 Å². The van der Waals surface area contributed by atoms with Gasteiger partial charge in [-0.15, -0.1) is 0 Å². The van der Waals surface area contributed by atoms with E-state index in [1.807, 2.05) is 24.3 Å². The average molecular weight is 292 g/mol. The van der Waals surface area contributed by atoms with E-state index in [4.69, 9.17) is 0 Å². The van der Waals surface area contributed by atoms with Crippen molar-refractivity contribution in [3.63, 3.8) is 0 Å². The van der Waals surface area contributed by atoms with E-state index in [2.05, 4.69) is 12.1 Å². The smallest absolute Gasteiger partial charge is 0.123 e. The Morgan fingerprint density at radius 2 is 1.77 bits per heavy atom. The van der Waals surface area contributed by atoms with Crippen LogP contribution in [0.1, 0.15) is 36.0 Å². The van der Waals surface area contributed by atoms with Crippen molar-refractivity contribution in [1.29, 1.82) is 0 Å². The lowest BCUT2D eigenvalue weighted by Crippen LogP contribution is -2.35. The molecule has 4 rings (SSSR count). The van der Waals surface area contributed by atoms with Gasteiger partial charge in [-0.2, -0.15) is 0 Å². The molecule has 2 aliphatic carbocycles. The largest absolute Gasteiger partial charge is 0.507 e. The summed E-state index contributed by atoms with van der Waals surface area (Å²) in [6, 6.07) is 12.0. The zero-order chi connectivity index (χ0) is 15.1. The Bertz CT molecular complexity index is 848. The molecule has 2 heteroatoms. The highest BCUT2D eigenvalue weighted by atomic mass is 16.3. The van der Waals surface area contributed by atoms with Crippen molar-refractivity contribution in [3.05, 3.63) is 63.5 Å².